The lowest BCUT2D eigenvalue weighted by atomic mass is 10.1. The number of nitrogens with one attached hydrogen (secondary N) is 1. The van der Waals surface area contributed by atoms with E-state index in [1.807, 2.05) is 0 Å². The van der Waals surface area contributed by atoms with Crippen LogP contribution in [0.4, 0.5) is 11.4 Å². The van der Waals surface area contributed by atoms with E-state index in [1.165, 1.54) is 42.5 Å². The van der Waals surface area contributed by atoms with Crippen molar-refractivity contribution >= 4 is 55.4 Å². The van der Waals surface area contributed by atoms with Crippen LogP contribution in [0.15, 0.2) is 81.7 Å². The summed E-state index contributed by atoms with van der Waals surface area (Å²) in [5, 5.41) is 22.9. The summed E-state index contributed by atoms with van der Waals surface area (Å²) in [7, 11) is -4.41. The Morgan fingerprint density at radius 1 is 1.11 bits per heavy atom. The smallest absolute Gasteiger partial charge is 0.339 e. The number of nitrogens with zero attached hydrogens (tertiary/aromatic N) is 2. The molecule has 0 spiro atoms. The molecule has 0 aliphatic rings. The van der Waals surface area contributed by atoms with E-state index >= 15 is 0 Å². The van der Waals surface area contributed by atoms with Gasteiger partial charge in [0, 0.05) is 27.9 Å². The number of esters is 1. The molecule has 1 N–H and O–H groups in total. The molecule has 0 unspecified atom stereocenters. The van der Waals surface area contributed by atoms with Crippen molar-refractivity contribution in [3.8, 4) is 11.8 Å². The minimum Gasteiger partial charge on any atom is -0.462 e. The van der Waals surface area contributed by atoms with Crippen LogP contribution in [0.2, 0.25) is 0 Å². The summed E-state index contributed by atoms with van der Waals surface area (Å²) in [6, 6.07) is 16.0. The molecular weight excluding hydrogens is 582 g/mol. The molecular formula is C25H18BrN3O8S. The van der Waals surface area contributed by atoms with E-state index in [1.54, 1.807) is 13.0 Å². The van der Waals surface area contributed by atoms with Crippen LogP contribution in [0, 0.1) is 21.4 Å². The maximum atomic E-state index is 12.8. The molecule has 0 aromatic heterocycles. The molecule has 0 heterocycles. The molecule has 194 valence electrons. The number of nitro benzene ring substituents is 1. The number of amides is 1. The number of benzene rings is 3. The van der Waals surface area contributed by atoms with Gasteiger partial charge in [0.05, 0.1) is 17.1 Å². The first-order chi connectivity index (χ1) is 18.0. The summed E-state index contributed by atoms with van der Waals surface area (Å²) in [6.45, 7) is 1.89. The fraction of sp³-hybridized carbons (Fsp3) is 0.0800. The molecule has 3 rings (SSSR count). The van der Waals surface area contributed by atoms with E-state index in [-0.39, 0.29) is 39.6 Å². The van der Waals surface area contributed by atoms with Gasteiger partial charge in [-0.2, -0.15) is 13.7 Å². The predicted octanol–water partition coefficient (Wildman–Crippen LogP) is 4.85. The van der Waals surface area contributed by atoms with Crippen LogP contribution in [-0.2, 0) is 19.6 Å². The molecule has 0 radical (unpaired) electrons. The van der Waals surface area contributed by atoms with Crippen molar-refractivity contribution in [2.75, 3.05) is 11.9 Å². The number of hydrogen-bond acceptors (Lipinski definition) is 9. The molecule has 11 nitrogen and oxygen atoms in total. The molecule has 13 heteroatoms. The fourth-order valence-electron chi connectivity index (χ4n) is 3.02. The van der Waals surface area contributed by atoms with Crippen molar-refractivity contribution in [3.63, 3.8) is 0 Å². The molecule has 38 heavy (non-hydrogen) atoms. The number of halogens is 1. The second-order valence-electron chi connectivity index (χ2n) is 7.39. The maximum Gasteiger partial charge on any atom is 0.339 e. The Bertz CT molecular complexity index is 1560. The number of rotatable bonds is 9. The highest BCUT2D eigenvalue weighted by Crippen LogP contribution is 2.29. The van der Waals surface area contributed by atoms with Gasteiger partial charge in [0.25, 0.3) is 11.6 Å². The zero-order valence-corrected chi connectivity index (χ0v) is 22.0. The van der Waals surface area contributed by atoms with E-state index in [2.05, 4.69) is 21.2 Å². The lowest BCUT2D eigenvalue weighted by molar-refractivity contribution is -0.384. The standard InChI is InChI=1S/C25H18BrN3O8S/c1-2-36-25(31)16-3-6-20(7-4-16)28-24(30)18(15-27)13-17-14-19(26)5-12-23(17)37-38(34,35)22-10-8-21(9-11-22)29(32)33/h3-14H,2H2,1H3,(H,28,30)/b18-13+. The quantitative estimate of drug-likeness (QED) is 0.0903. The molecule has 0 bridgehead atoms. The van der Waals surface area contributed by atoms with E-state index in [0.29, 0.717) is 10.2 Å². The average Bonchev–Trinajstić information content (AvgIpc) is 2.89. The minimum absolute atomic E-state index is 0.0919. The molecule has 0 saturated heterocycles. The van der Waals surface area contributed by atoms with Gasteiger partial charge in [-0.05, 0) is 67.6 Å². The zero-order valence-electron chi connectivity index (χ0n) is 19.6. The second-order valence-corrected chi connectivity index (χ2v) is 9.85. The van der Waals surface area contributed by atoms with Gasteiger partial charge in [0.1, 0.15) is 22.3 Å². The Morgan fingerprint density at radius 2 is 1.76 bits per heavy atom. The van der Waals surface area contributed by atoms with Crippen LogP contribution >= 0.6 is 15.9 Å². The maximum absolute atomic E-state index is 12.8. The van der Waals surface area contributed by atoms with Gasteiger partial charge < -0.3 is 14.2 Å². The molecule has 3 aromatic carbocycles. The van der Waals surface area contributed by atoms with Crippen LogP contribution in [0.25, 0.3) is 6.08 Å². The zero-order chi connectivity index (χ0) is 27.9. The van der Waals surface area contributed by atoms with Gasteiger partial charge in [-0.1, -0.05) is 15.9 Å². The van der Waals surface area contributed by atoms with Crippen molar-refractivity contribution in [3.05, 3.63) is 98.0 Å². The molecule has 1 amide bonds. The van der Waals surface area contributed by atoms with Gasteiger partial charge in [-0.25, -0.2) is 4.79 Å². The van der Waals surface area contributed by atoms with Crippen LogP contribution in [-0.4, -0.2) is 31.8 Å². The molecule has 3 aromatic rings. The summed E-state index contributed by atoms with van der Waals surface area (Å²) < 4.78 is 36.2. The van der Waals surface area contributed by atoms with E-state index in [0.717, 1.165) is 30.3 Å². The van der Waals surface area contributed by atoms with Gasteiger partial charge >= 0.3 is 16.1 Å². The number of carbonyl (C=O) groups excluding carboxylic acids is 2. The van der Waals surface area contributed by atoms with Crippen molar-refractivity contribution in [1.82, 2.24) is 0 Å². The van der Waals surface area contributed by atoms with E-state index in [4.69, 9.17) is 8.92 Å². The molecule has 0 aliphatic carbocycles. The third-order valence-electron chi connectivity index (χ3n) is 4.83. The first-order valence-electron chi connectivity index (χ1n) is 10.7. The highest BCUT2D eigenvalue weighted by molar-refractivity contribution is 9.10. The van der Waals surface area contributed by atoms with E-state index in [9.17, 15) is 33.4 Å². The SMILES string of the molecule is CCOC(=O)c1ccc(NC(=O)/C(C#N)=C/c2cc(Br)ccc2OS(=O)(=O)c2ccc([N+](=O)[O-])cc2)cc1. The molecule has 0 atom stereocenters. The Morgan fingerprint density at radius 3 is 2.34 bits per heavy atom. The lowest BCUT2D eigenvalue weighted by Crippen LogP contribution is -2.14. The number of anilines is 1. The monoisotopic (exact) mass is 599 g/mol. The Kier molecular flexibility index (Phi) is 8.95. The van der Waals surface area contributed by atoms with Crippen molar-refractivity contribution in [2.24, 2.45) is 0 Å². The average molecular weight is 600 g/mol. The van der Waals surface area contributed by atoms with Gasteiger partial charge in [-0.15, -0.1) is 0 Å². The first-order valence-corrected chi connectivity index (χ1v) is 12.9. The number of non-ortho nitro benzene ring substituents is 1. The van der Waals surface area contributed by atoms with Gasteiger partial charge in [0.15, 0.2) is 0 Å². The largest absolute Gasteiger partial charge is 0.462 e. The lowest BCUT2D eigenvalue weighted by Gasteiger charge is -2.11. The van der Waals surface area contributed by atoms with Crippen molar-refractivity contribution in [2.45, 2.75) is 11.8 Å². The highest BCUT2D eigenvalue weighted by Gasteiger charge is 2.21. The summed E-state index contributed by atoms with van der Waals surface area (Å²) in [5.41, 5.74) is 0.0162. The van der Waals surface area contributed by atoms with Gasteiger partial charge in [-0.3, -0.25) is 14.9 Å². The number of nitriles is 1. The Balaban J connectivity index is 1.86. The topological polar surface area (TPSA) is 166 Å². The van der Waals surface area contributed by atoms with Crippen molar-refractivity contribution < 1.29 is 31.9 Å². The van der Waals surface area contributed by atoms with Crippen molar-refractivity contribution in [1.29, 1.82) is 5.26 Å². The first kappa shape index (κ1) is 28.0. The number of carbonyl (C=O) groups is 2. The van der Waals surface area contributed by atoms with E-state index < -0.39 is 26.9 Å². The molecule has 0 saturated carbocycles. The van der Waals surface area contributed by atoms with Crippen LogP contribution in [0.3, 0.4) is 0 Å². The van der Waals surface area contributed by atoms with Crippen LogP contribution in [0.1, 0.15) is 22.8 Å². The third-order valence-corrected chi connectivity index (χ3v) is 6.57. The molecule has 0 aliphatic heterocycles. The van der Waals surface area contributed by atoms with Crippen LogP contribution < -0.4 is 9.50 Å². The summed E-state index contributed by atoms with van der Waals surface area (Å²) in [4.78, 5) is 34.4. The predicted molar refractivity (Wildman–Crippen MR) is 140 cm³/mol. The minimum atomic E-state index is -4.41. The number of nitro groups is 1. The third kappa shape index (κ3) is 7.02. The molecule has 0 fully saturated rings. The Hall–Kier alpha value is -4.54. The highest BCUT2D eigenvalue weighted by atomic mass is 79.9. The number of hydrogen-bond donors (Lipinski definition) is 1. The van der Waals surface area contributed by atoms with Crippen LogP contribution in [0.5, 0.6) is 5.75 Å². The number of ether oxygens (including phenoxy) is 1. The summed E-state index contributed by atoms with van der Waals surface area (Å²) >= 11 is 3.26. The summed E-state index contributed by atoms with van der Waals surface area (Å²) in [5.74, 6) is -1.50. The second kappa shape index (κ2) is 12.1. The fourth-order valence-corrected chi connectivity index (χ4v) is 4.35. The van der Waals surface area contributed by atoms with Gasteiger partial charge in [0.2, 0.25) is 0 Å². The summed E-state index contributed by atoms with van der Waals surface area (Å²) in [6.07, 6.45) is 1.15. The normalized spacial score (nSPS) is 11.2. The Labute approximate surface area is 225 Å².